The van der Waals surface area contributed by atoms with Crippen molar-refractivity contribution in [2.45, 2.75) is 69.5 Å². The van der Waals surface area contributed by atoms with Crippen LogP contribution in [0, 0.1) is 0 Å². The molecule has 2 fully saturated rings. The molecule has 4 heteroatoms. The van der Waals surface area contributed by atoms with Gasteiger partial charge in [0.2, 0.25) is 5.91 Å². The molecule has 0 spiro atoms. The van der Waals surface area contributed by atoms with Crippen molar-refractivity contribution in [3.8, 4) is 0 Å². The maximum absolute atomic E-state index is 12.3. The molecule has 22 heavy (non-hydrogen) atoms. The molecule has 2 bridgehead atoms. The number of nitrogens with one attached hydrogen (secondary N) is 2. The van der Waals surface area contributed by atoms with E-state index in [1.807, 2.05) is 0 Å². The van der Waals surface area contributed by atoms with Gasteiger partial charge in [-0.25, -0.2) is 0 Å². The highest BCUT2D eigenvalue weighted by molar-refractivity contribution is 5.85. The van der Waals surface area contributed by atoms with E-state index in [-0.39, 0.29) is 18.3 Å². The second-order valence-corrected chi connectivity index (χ2v) is 7.01. The largest absolute Gasteiger partial charge is 0.353 e. The second kappa shape index (κ2) is 6.59. The molecule has 0 aromatic heterocycles. The number of piperidine rings is 1. The van der Waals surface area contributed by atoms with E-state index >= 15 is 0 Å². The SMILES string of the molecule is Cl.O=C(Cc1ccc2c(c1)CCC2)NC1CC2CCC(C1)N2. The molecule has 2 aliphatic heterocycles. The number of carbonyl (C=O) groups is 1. The molecule has 4 rings (SSSR count). The molecule has 2 unspecified atom stereocenters. The van der Waals surface area contributed by atoms with Gasteiger partial charge in [0.25, 0.3) is 0 Å². The van der Waals surface area contributed by atoms with Gasteiger partial charge < -0.3 is 10.6 Å². The molecule has 2 saturated heterocycles. The fraction of sp³-hybridized carbons (Fsp3) is 0.611. The van der Waals surface area contributed by atoms with Crippen molar-refractivity contribution in [2.75, 3.05) is 0 Å². The van der Waals surface area contributed by atoms with Crippen molar-refractivity contribution < 1.29 is 4.79 Å². The van der Waals surface area contributed by atoms with Gasteiger partial charge in [0.1, 0.15) is 0 Å². The maximum atomic E-state index is 12.3. The van der Waals surface area contributed by atoms with Gasteiger partial charge in [-0.3, -0.25) is 4.79 Å². The number of amides is 1. The first-order valence-electron chi connectivity index (χ1n) is 8.42. The van der Waals surface area contributed by atoms with Gasteiger partial charge in [0, 0.05) is 18.1 Å². The average Bonchev–Trinajstić information content (AvgIpc) is 3.04. The number of carbonyl (C=O) groups excluding carboxylic acids is 1. The van der Waals surface area contributed by atoms with E-state index in [2.05, 4.69) is 28.8 Å². The molecule has 3 nitrogen and oxygen atoms in total. The van der Waals surface area contributed by atoms with Crippen molar-refractivity contribution in [2.24, 2.45) is 0 Å². The van der Waals surface area contributed by atoms with Gasteiger partial charge in [0.15, 0.2) is 0 Å². The van der Waals surface area contributed by atoms with Crippen LogP contribution < -0.4 is 10.6 Å². The molecule has 2 heterocycles. The van der Waals surface area contributed by atoms with Crippen molar-refractivity contribution in [3.05, 3.63) is 34.9 Å². The lowest BCUT2D eigenvalue weighted by atomic mass is 9.99. The molecular weight excluding hydrogens is 296 g/mol. The Balaban J connectivity index is 0.00000144. The normalized spacial score (nSPS) is 28.8. The molecule has 3 aliphatic rings. The van der Waals surface area contributed by atoms with E-state index < -0.39 is 0 Å². The highest BCUT2D eigenvalue weighted by Gasteiger charge is 2.33. The number of rotatable bonds is 3. The molecule has 2 atom stereocenters. The number of hydrogen-bond acceptors (Lipinski definition) is 2. The number of benzene rings is 1. The van der Waals surface area contributed by atoms with Gasteiger partial charge in [-0.05, 0) is 61.6 Å². The molecular formula is C18H25ClN2O. The highest BCUT2D eigenvalue weighted by atomic mass is 35.5. The summed E-state index contributed by atoms with van der Waals surface area (Å²) in [4.78, 5) is 12.3. The third-order valence-electron chi connectivity index (χ3n) is 5.37. The van der Waals surface area contributed by atoms with Crippen LogP contribution in [0.15, 0.2) is 18.2 Å². The fourth-order valence-corrected chi connectivity index (χ4v) is 4.37. The van der Waals surface area contributed by atoms with Crippen LogP contribution in [0.1, 0.15) is 48.8 Å². The summed E-state index contributed by atoms with van der Waals surface area (Å²) in [5, 5.41) is 6.88. The zero-order chi connectivity index (χ0) is 14.2. The van der Waals surface area contributed by atoms with Crippen molar-refractivity contribution in [1.29, 1.82) is 0 Å². The zero-order valence-electron chi connectivity index (χ0n) is 12.9. The zero-order valence-corrected chi connectivity index (χ0v) is 13.8. The summed E-state index contributed by atoms with van der Waals surface area (Å²) in [5.41, 5.74) is 4.11. The third-order valence-corrected chi connectivity index (χ3v) is 5.37. The lowest BCUT2D eigenvalue weighted by molar-refractivity contribution is -0.121. The van der Waals surface area contributed by atoms with Crippen molar-refractivity contribution in [1.82, 2.24) is 10.6 Å². The molecule has 1 amide bonds. The van der Waals surface area contributed by atoms with Crippen molar-refractivity contribution >= 4 is 18.3 Å². The van der Waals surface area contributed by atoms with Crippen LogP contribution in [0.4, 0.5) is 0 Å². The second-order valence-electron chi connectivity index (χ2n) is 7.01. The van der Waals surface area contributed by atoms with E-state index in [9.17, 15) is 4.79 Å². The Labute approximate surface area is 138 Å². The van der Waals surface area contributed by atoms with Gasteiger partial charge in [-0.15, -0.1) is 12.4 Å². The Morgan fingerprint density at radius 3 is 2.64 bits per heavy atom. The number of hydrogen-bond donors (Lipinski definition) is 2. The van der Waals surface area contributed by atoms with Crippen LogP contribution in [0.3, 0.4) is 0 Å². The van der Waals surface area contributed by atoms with E-state index in [0.717, 1.165) is 12.8 Å². The summed E-state index contributed by atoms with van der Waals surface area (Å²) in [6.07, 6.45) is 8.96. The summed E-state index contributed by atoms with van der Waals surface area (Å²) in [6.45, 7) is 0. The van der Waals surface area contributed by atoms with Crippen LogP contribution in [0.5, 0.6) is 0 Å². The third kappa shape index (κ3) is 3.31. The lowest BCUT2D eigenvalue weighted by Gasteiger charge is -2.29. The van der Waals surface area contributed by atoms with Gasteiger partial charge in [-0.1, -0.05) is 18.2 Å². The van der Waals surface area contributed by atoms with Crippen LogP contribution in [-0.4, -0.2) is 24.0 Å². The van der Waals surface area contributed by atoms with E-state index in [0.29, 0.717) is 24.5 Å². The minimum atomic E-state index is 0. The first-order valence-corrected chi connectivity index (χ1v) is 8.42. The number of halogens is 1. The molecule has 2 N–H and O–H groups in total. The summed E-state index contributed by atoms with van der Waals surface area (Å²) < 4.78 is 0. The molecule has 0 radical (unpaired) electrons. The van der Waals surface area contributed by atoms with Crippen LogP contribution >= 0.6 is 12.4 Å². The quantitative estimate of drug-likeness (QED) is 0.898. The standard InChI is InChI=1S/C18H24N2O.ClH/c21-18(20-17-10-15-6-7-16(11-17)19-15)9-12-4-5-13-2-1-3-14(13)8-12;/h4-5,8,15-17,19H,1-3,6-7,9-11H2,(H,20,21);1H. The highest BCUT2D eigenvalue weighted by Crippen LogP contribution is 2.27. The maximum Gasteiger partial charge on any atom is 0.224 e. The van der Waals surface area contributed by atoms with E-state index in [1.54, 1.807) is 0 Å². The van der Waals surface area contributed by atoms with Crippen LogP contribution in [0.2, 0.25) is 0 Å². The minimum absolute atomic E-state index is 0. The van der Waals surface area contributed by atoms with Gasteiger partial charge in [0.05, 0.1) is 6.42 Å². The van der Waals surface area contributed by atoms with Gasteiger partial charge >= 0.3 is 0 Å². The smallest absolute Gasteiger partial charge is 0.224 e. The molecule has 1 aromatic rings. The molecule has 0 saturated carbocycles. The predicted molar refractivity (Wildman–Crippen MR) is 90.5 cm³/mol. The Kier molecular flexibility index (Phi) is 4.74. The average molecular weight is 321 g/mol. The van der Waals surface area contributed by atoms with Crippen LogP contribution in [-0.2, 0) is 24.1 Å². The lowest BCUT2D eigenvalue weighted by Crippen LogP contribution is -2.48. The topological polar surface area (TPSA) is 41.1 Å². The Morgan fingerprint density at radius 1 is 1.14 bits per heavy atom. The Bertz CT molecular complexity index is 548. The van der Waals surface area contributed by atoms with E-state index in [1.165, 1.54) is 48.8 Å². The summed E-state index contributed by atoms with van der Waals surface area (Å²) >= 11 is 0. The monoisotopic (exact) mass is 320 g/mol. The Hall–Kier alpha value is -1.06. The Morgan fingerprint density at radius 2 is 1.86 bits per heavy atom. The fourth-order valence-electron chi connectivity index (χ4n) is 4.37. The number of aryl methyl sites for hydroxylation is 2. The summed E-state index contributed by atoms with van der Waals surface area (Å²) in [7, 11) is 0. The number of fused-ring (bicyclic) bond motifs is 3. The first-order chi connectivity index (χ1) is 10.3. The van der Waals surface area contributed by atoms with E-state index in [4.69, 9.17) is 0 Å². The van der Waals surface area contributed by atoms with Gasteiger partial charge in [-0.2, -0.15) is 0 Å². The molecule has 1 aliphatic carbocycles. The summed E-state index contributed by atoms with van der Waals surface area (Å²) in [6, 6.07) is 8.24. The van der Waals surface area contributed by atoms with Crippen molar-refractivity contribution in [3.63, 3.8) is 0 Å². The molecule has 120 valence electrons. The first kappa shape index (κ1) is 15.8. The predicted octanol–water partition coefficient (Wildman–Crippen LogP) is 2.54. The van der Waals surface area contributed by atoms with Crippen LogP contribution in [0.25, 0.3) is 0 Å². The molecule has 1 aromatic carbocycles. The summed E-state index contributed by atoms with van der Waals surface area (Å²) in [5.74, 6) is 0.194. The minimum Gasteiger partial charge on any atom is -0.353 e.